The van der Waals surface area contributed by atoms with Crippen LogP contribution in [0.3, 0.4) is 0 Å². The largest absolute Gasteiger partial charge is 0.468 e. The Labute approximate surface area is 129 Å². The Morgan fingerprint density at radius 2 is 2.05 bits per heavy atom. The van der Waals surface area contributed by atoms with Crippen molar-refractivity contribution in [3.05, 3.63) is 42.6 Å². The average Bonchev–Trinajstić information content (AvgIpc) is 3.14. The summed E-state index contributed by atoms with van der Waals surface area (Å²) < 4.78 is 11.5. The zero-order valence-corrected chi connectivity index (χ0v) is 12.5. The number of nitrogens with zero attached hydrogens (tertiary/aromatic N) is 4. The van der Waals surface area contributed by atoms with Crippen molar-refractivity contribution in [1.82, 2.24) is 14.9 Å². The number of furan rings is 1. The summed E-state index contributed by atoms with van der Waals surface area (Å²) >= 11 is 0. The highest BCUT2D eigenvalue weighted by Gasteiger charge is 2.37. The van der Waals surface area contributed by atoms with Crippen molar-refractivity contribution >= 4 is 5.95 Å². The van der Waals surface area contributed by atoms with Crippen molar-refractivity contribution in [1.29, 1.82) is 0 Å². The van der Waals surface area contributed by atoms with Gasteiger partial charge in [-0.25, -0.2) is 9.97 Å². The molecule has 116 valence electrons. The molecule has 0 amide bonds. The van der Waals surface area contributed by atoms with Gasteiger partial charge in [0.15, 0.2) is 0 Å². The number of hydrogen-bond acceptors (Lipinski definition) is 6. The van der Waals surface area contributed by atoms with E-state index in [2.05, 4.69) is 19.8 Å². The lowest BCUT2D eigenvalue weighted by Gasteiger charge is -2.23. The summed E-state index contributed by atoms with van der Waals surface area (Å²) in [6, 6.07) is 5.81. The molecule has 0 unspecified atom stereocenters. The summed E-state index contributed by atoms with van der Waals surface area (Å²) in [5, 5.41) is 0. The molecule has 0 saturated carbocycles. The van der Waals surface area contributed by atoms with Crippen LogP contribution in [-0.4, -0.2) is 53.8 Å². The first kappa shape index (κ1) is 13.7. The Bertz CT molecular complexity index is 589. The molecule has 4 rings (SSSR count). The van der Waals surface area contributed by atoms with Crippen LogP contribution < -0.4 is 4.90 Å². The SMILES string of the molecule is c1cnc(N2CCO[C@H]3CN(Cc4ccco4)C[C@H]3C2)nc1. The molecule has 0 aromatic carbocycles. The van der Waals surface area contributed by atoms with Gasteiger partial charge in [0.2, 0.25) is 5.95 Å². The zero-order chi connectivity index (χ0) is 14.8. The van der Waals surface area contributed by atoms with E-state index >= 15 is 0 Å². The minimum atomic E-state index is 0.295. The lowest BCUT2D eigenvalue weighted by atomic mass is 10.1. The number of aromatic nitrogens is 2. The standard InChI is InChI=1S/C16H20N4O2/c1-3-14(21-7-1)11-19-9-13-10-20(6-8-22-15(13)12-19)16-17-4-2-5-18-16/h1-5,7,13,15H,6,8-12H2/t13-,15-/m0/s1. The first-order valence-corrected chi connectivity index (χ1v) is 7.77. The van der Waals surface area contributed by atoms with E-state index in [0.29, 0.717) is 12.0 Å². The molecule has 2 aliphatic heterocycles. The summed E-state index contributed by atoms with van der Waals surface area (Å²) in [7, 11) is 0. The van der Waals surface area contributed by atoms with Gasteiger partial charge in [-0.2, -0.15) is 0 Å². The van der Waals surface area contributed by atoms with Gasteiger partial charge in [-0.1, -0.05) is 0 Å². The van der Waals surface area contributed by atoms with Crippen LogP contribution in [0.15, 0.2) is 41.3 Å². The van der Waals surface area contributed by atoms with Gasteiger partial charge in [-0.3, -0.25) is 4.90 Å². The van der Waals surface area contributed by atoms with E-state index in [1.807, 2.05) is 18.2 Å². The predicted molar refractivity (Wildman–Crippen MR) is 81.5 cm³/mol. The van der Waals surface area contributed by atoms with E-state index in [-0.39, 0.29) is 0 Å². The zero-order valence-electron chi connectivity index (χ0n) is 12.5. The minimum Gasteiger partial charge on any atom is -0.468 e. The molecule has 2 aliphatic rings. The lowest BCUT2D eigenvalue weighted by Crippen LogP contribution is -2.33. The highest BCUT2D eigenvalue weighted by molar-refractivity contribution is 5.29. The molecule has 2 fully saturated rings. The highest BCUT2D eigenvalue weighted by atomic mass is 16.5. The van der Waals surface area contributed by atoms with E-state index in [9.17, 15) is 0 Å². The van der Waals surface area contributed by atoms with Gasteiger partial charge in [0, 0.05) is 44.5 Å². The maximum Gasteiger partial charge on any atom is 0.225 e. The molecule has 2 saturated heterocycles. The van der Waals surface area contributed by atoms with Gasteiger partial charge in [-0.15, -0.1) is 0 Å². The van der Waals surface area contributed by atoms with Crippen LogP contribution in [0.2, 0.25) is 0 Å². The van der Waals surface area contributed by atoms with Gasteiger partial charge >= 0.3 is 0 Å². The van der Waals surface area contributed by atoms with Gasteiger partial charge in [0.05, 0.1) is 25.5 Å². The summed E-state index contributed by atoms with van der Waals surface area (Å²) in [5.41, 5.74) is 0. The van der Waals surface area contributed by atoms with Crippen LogP contribution in [0.5, 0.6) is 0 Å². The average molecular weight is 300 g/mol. The summed E-state index contributed by atoms with van der Waals surface area (Å²) in [6.07, 6.45) is 5.62. The molecular weight excluding hydrogens is 280 g/mol. The first-order chi connectivity index (χ1) is 10.9. The Morgan fingerprint density at radius 3 is 2.86 bits per heavy atom. The Hall–Kier alpha value is -1.92. The van der Waals surface area contributed by atoms with Gasteiger partial charge in [-0.05, 0) is 18.2 Å². The van der Waals surface area contributed by atoms with E-state index in [1.165, 1.54) is 0 Å². The fourth-order valence-electron chi connectivity index (χ4n) is 3.37. The smallest absolute Gasteiger partial charge is 0.225 e. The van der Waals surface area contributed by atoms with Crippen LogP contribution in [0, 0.1) is 5.92 Å². The van der Waals surface area contributed by atoms with E-state index in [4.69, 9.17) is 9.15 Å². The number of anilines is 1. The molecule has 2 aromatic rings. The number of fused-ring (bicyclic) bond motifs is 1. The van der Waals surface area contributed by atoms with Gasteiger partial charge in [0.25, 0.3) is 0 Å². The Morgan fingerprint density at radius 1 is 1.14 bits per heavy atom. The molecule has 6 heteroatoms. The second kappa shape index (κ2) is 6.06. The van der Waals surface area contributed by atoms with E-state index in [1.54, 1.807) is 18.7 Å². The molecule has 2 atom stereocenters. The van der Waals surface area contributed by atoms with Gasteiger partial charge < -0.3 is 14.1 Å². The molecular formula is C16H20N4O2. The monoisotopic (exact) mass is 300 g/mol. The van der Waals surface area contributed by atoms with Crippen LogP contribution >= 0.6 is 0 Å². The second-order valence-corrected chi connectivity index (χ2v) is 5.94. The van der Waals surface area contributed by atoms with Crippen molar-refractivity contribution in [3.63, 3.8) is 0 Å². The molecule has 4 heterocycles. The number of hydrogen-bond donors (Lipinski definition) is 0. The maximum atomic E-state index is 6.06. The third kappa shape index (κ3) is 2.84. The fourth-order valence-corrected chi connectivity index (χ4v) is 3.37. The molecule has 22 heavy (non-hydrogen) atoms. The van der Waals surface area contributed by atoms with Crippen molar-refractivity contribution in [2.75, 3.05) is 37.7 Å². The third-order valence-corrected chi connectivity index (χ3v) is 4.40. The van der Waals surface area contributed by atoms with Crippen LogP contribution in [0.4, 0.5) is 5.95 Å². The van der Waals surface area contributed by atoms with Crippen molar-refractivity contribution in [3.8, 4) is 0 Å². The Kier molecular flexibility index (Phi) is 3.78. The molecule has 0 N–H and O–H groups in total. The fraction of sp³-hybridized carbons (Fsp3) is 0.500. The quantitative estimate of drug-likeness (QED) is 0.854. The molecule has 0 spiro atoms. The number of rotatable bonds is 3. The maximum absolute atomic E-state index is 6.06. The number of likely N-dealkylation sites (tertiary alicyclic amines) is 1. The molecule has 0 bridgehead atoms. The van der Waals surface area contributed by atoms with Gasteiger partial charge in [0.1, 0.15) is 5.76 Å². The normalized spacial score (nSPS) is 25.9. The van der Waals surface area contributed by atoms with Crippen LogP contribution in [0.1, 0.15) is 5.76 Å². The highest BCUT2D eigenvalue weighted by Crippen LogP contribution is 2.26. The molecule has 0 aliphatic carbocycles. The van der Waals surface area contributed by atoms with E-state index < -0.39 is 0 Å². The second-order valence-electron chi connectivity index (χ2n) is 5.94. The summed E-state index contributed by atoms with van der Waals surface area (Å²) in [6.45, 7) is 5.38. The van der Waals surface area contributed by atoms with E-state index in [0.717, 1.165) is 51.0 Å². The molecule has 2 aromatic heterocycles. The van der Waals surface area contributed by atoms with Crippen molar-refractivity contribution < 1.29 is 9.15 Å². The minimum absolute atomic E-state index is 0.295. The Balaban J connectivity index is 1.43. The topological polar surface area (TPSA) is 54.6 Å². The summed E-state index contributed by atoms with van der Waals surface area (Å²) in [5.74, 6) is 2.30. The van der Waals surface area contributed by atoms with Crippen LogP contribution in [-0.2, 0) is 11.3 Å². The number of ether oxygens (including phenoxy) is 1. The first-order valence-electron chi connectivity index (χ1n) is 7.77. The predicted octanol–water partition coefficient (Wildman–Crippen LogP) is 1.41. The third-order valence-electron chi connectivity index (χ3n) is 4.40. The molecule has 6 nitrogen and oxygen atoms in total. The van der Waals surface area contributed by atoms with Crippen molar-refractivity contribution in [2.45, 2.75) is 12.6 Å². The lowest BCUT2D eigenvalue weighted by molar-refractivity contribution is 0.0522. The van der Waals surface area contributed by atoms with Crippen molar-refractivity contribution in [2.24, 2.45) is 5.92 Å². The van der Waals surface area contributed by atoms with Crippen LogP contribution in [0.25, 0.3) is 0 Å². The molecule has 0 radical (unpaired) electrons. The summed E-state index contributed by atoms with van der Waals surface area (Å²) in [4.78, 5) is 13.4.